The molecule has 2 rings (SSSR count). The first-order valence-corrected chi connectivity index (χ1v) is 7.20. The van der Waals surface area contributed by atoms with Crippen LogP contribution in [0.1, 0.15) is 50.6 Å². The fourth-order valence-corrected chi connectivity index (χ4v) is 3.12. The van der Waals surface area contributed by atoms with E-state index in [1.54, 1.807) is 0 Å². The number of hydrogen-bond acceptors (Lipinski definition) is 3. The summed E-state index contributed by atoms with van der Waals surface area (Å²) in [7, 11) is 1.97. The maximum absolute atomic E-state index is 6.03. The highest BCUT2D eigenvalue weighted by molar-refractivity contribution is 5.12. The zero-order valence-corrected chi connectivity index (χ0v) is 11.7. The van der Waals surface area contributed by atoms with Gasteiger partial charge >= 0.3 is 0 Å². The Morgan fingerprint density at radius 2 is 2.28 bits per heavy atom. The third kappa shape index (κ3) is 2.93. The van der Waals surface area contributed by atoms with E-state index in [0.29, 0.717) is 18.6 Å². The van der Waals surface area contributed by atoms with Crippen LogP contribution < -0.4 is 5.73 Å². The summed E-state index contributed by atoms with van der Waals surface area (Å²) in [4.78, 5) is 2.62. The Kier molecular flexibility index (Phi) is 4.78. The van der Waals surface area contributed by atoms with Crippen LogP contribution in [0.2, 0.25) is 0 Å². The van der Waals surface area contributed by atoms with E-state index >= 15 is 0 Å². The first kappa shape index (κ1) is 13.6. The summed E-state index contributed by atoms with van der Waals surface area (Å²) in [6.45, 7) is 4.15. The predicted octanol–water partition coefficient (Wildman–Crippen LogP) is 2.07. The Morgan fingerprint density at radius 3 is 2.89 bits per heavy atom. The third-order valence-electron chi connectivity index (χ3n) is 4.13. The van der Waals surface area contributed by atoms with Crippen molar-refractivity contribution in [3.63, 3.8) is 0 Å². The highest BCUT2D eigenvalue weighted by atomic mass is 15.3. The number of aromatic nitrogens is 2. The van der Waals surface area contributed by atoms with E-state index in [1.165, 1.54) is 44.2 Å². The standard InChI is InChI=1S/C14H26N4/c1-3-13-7-5-4-6-8-18(13)14(9-15)12-10-16-17(2)11-12/h10-11,13-14H,3-9,15H2,1-2H3. The minimum absolute atomic E-state index is 0.335. The van der Waals surface area contributed by atoms with Gasteiger partial charge in [0.1, 0.15) is 0 Å². The maximum atomic E-state index is 6.03. The summed E-state index contributed by atoms with van der Waals surface area (Å²) in [6.07, 6.45) is 10.6. The molecule has 1 saturated heterocycles. The van der Waals surface area contributed by atoms with Crippen LogP contribution in [-0.2, 0) is 7.05 Å². The predicted molar refractivity (Wildman–Crippen MR) is 74.3 cm³/mol. The molecule has 0 saturated carbocycles. The minimum Gasteiger partial charge on any atom is -0.329 e. The molecule has 2 unspecified atom stereocenters. The van der Waals surface area contributed by atoms with Crippen LogP contribution in [0.25, 0.3) is 0 Å². The molecule has 1 aromatic rings. The van der Waals surface area contributed by atoms with Gasteiger partial charge in [-0.15, -0.1) is 0 Å². The molecule has 18 heavy (non-hydrogen) atoms. The molecule has 0 radical (unpaired) electrons. The molecule has 0 bridgehead atoms. The van der Waals surface area contributed by atoms with Crippen molar-refractivity contribution in [2.75, 3.05) is 13.1 Å². The van der Waals surface area contributed by atoms with Crippen molar-refractivity contribution in [3.8, 4) is 0 Å². The average molecular weight is 250 g/mol. The van der Waals surface area contributed by atoms with Crippen molar-refractivity contribution >= 4 is 0 Å². The number of nitrogens with zero attached hydrogens (tertiary/aromatic N) is 3. The van der Waals surface area contributed by atoms with Crippen LogP contribution in [0.4, 0.5) is 0 Å². The molecule has 2 N–H and O–H groups in total. The molecule has 0 amide bonds. The highest BCUT2D eigenvalue weighted by Crippen LogP contribution is 2.28. The molecule has 1 aromatic heterocycles. The van der Waals surface area contributed by atoms with Crippen molar-refractivity contribution in [3.05, 3.63) is 18.0 Å². The van der Waals surface area contributed by atoms with Crippen molar-refractivity contribution in [1.29, 1.82) is 0 Å². The largest absolute Gasteiger partial charge is 0.329 e. The number of likely N-dealkylation sites (tertiary alicyclic amines) is 1. The van der Waals surface area contributed by atoms with E-state index in [2.05, 4.69) is 23.1 Å². The highest BCUT2D eigenvalue weighted by Gasteiger charge is 2.27. The van der Waals surface area contributed by atoms with Gasteiger partial charge in [-0.2, -0.15) is 5.10 Å². The van der Waals surface area contributed by atoms with E-state index in [1.807, 2.05) is 17.9 Å². The molecule has 1 aliphatic rings. The van der Waals surface area contributed by atoms with Gasteiger partial charge < -0.3 is 5.73 Å². The van der Waals surface area contributed by atoms with Crippen molar-refractivity contribution in [2.45, 2.75) is 51.1 Å². The Bertz CT molecular complexity index is 360. The Balaban J connectivity index is 2.18. The minimum atomic E-state index is 0.335. The van der Waals surface area contributed by atoms with Gasteiger partial charge in [-0.3, -0.25) is 9.58 Å². The molecule has 0 aromatic carbocycles. The lowest BCUT2D eigenvalue weighted by molar-refractivity contribution is 0.136. The Hall–Kier alpha value is -0.870. The summed E-state index contributed by atoms with van der Waals surface area (Å²) in [5.74, 6) is 0. The Labute approximate surface area is 110 Å². The molecule has 102 valence electrons. The SMILES string of the molecule is CCC1CCCCCN1C(CN)c1cnn(C)c1. The number of hydrogen-bond donors (Lipinski definition) is 1. The number of aryl methyl sites for hydroxylation is 1. The molecular formula is C14H26N4. The van der Waals surface area contributed by atoms with Gasteiger partial charge in [0.05, 0.1) is 12.2 Å². The normalized spacial score (nSPS) is 23.8. The van der Waals surface area contributed by atoms with Gasteiger partial charge in [0.25, 0.3) is 0 Å². The molecule has 4 heteroatoms. The number of rotatable bonds is 4. The van der Waals surface area contributed by atoms with Crippen LogP contribution >= 0.6 is 0 Å². The molecule has 4 nitrogen and oxygen atoms in total. The Morgan fingerprint density at radius 1 is 1.44 bits per heavy atom. The monoisotopic (exact) mass is 250 g/mol. The first-order valence-electron chi connectivity index (χ1n) is 7.20. The van der Waals surface area contributed by atoms with E-state index < -0.39 is 0 Å². The second-order valence-corrected chi connectivity index (χ2v) is 5.35. The molecule has 0 aliphatic carbocycles. The van der Waals surface area contributed by atoms with Gasteiger partial charge in [0, 0.05) is 31.4 Å². The molecular weight excluding hydrogens is 224 g/mol. The van der Waals surface area contributed by atoms with Gasteiger partial charge in [-0.05, 0) is 25.8 Å². The zero-order chi connectivity index (χ0) is 13.0. The van der Waals surface area contributed by atoms with Gasteiger partial charge in [0.15, 0.2) is 0 Å². The summed E-state index contributed by atoms with van der Waals surface area (Å²) < 4.78 is 1.87. The lowest BCUT2D eigenvalue weighted by Gasteiger charge is -2.35. The molecule has 1 aliphatic heterocycles. The first-order chi connectivity index (χ1) is 8.76. The van der Waals surface area contributed by atoms with Crippen LogP contribution in [-0.4, -0.2) is 33.8 Å². The fourth-order valence-electron chi connectivity index (χ4n) is 3.12. The molecule has 2 heterocycles. The second-order valence-electron chi connectivity index (χ2n) is 5.35. The van der Waals surface area contributed by atoms with Gasteiger partial charge in [-0.25, -0.2) is 0 Å². The molecule has 1 fully saturated rings. The van der Waals surface area contributed by atoms with E-state index in [9.17, 15) is 0 Å². The molecule has 2 atom stereocenters. The summed E-state index contributed by atoms with van der Waals surface area (Å²) >= 11 is 0. The average Bonchev–Trinajstić information content (AvgIpc) is 2.66. The van der Waals surface area contributed by atoms with Gasteiger partial charge in [0.2, 0.25) is 0 Å². The summed E-state index contributed by atoms with van der Waals surface area (Å²) in [6, 6.07) is 1.02. The van der Waals surface area contributed by atoms with Crippen LogP contribution in [0.5, 0.6) is 0 Å². The van der Waals surface area contributed by atoms with Crippen LogP contribution in [0.3, 0.4) is 0 Å². The van der Waals surface area contributed by atoms with Crippen molar-refractivity contribution in [1.82, 2.24) is 14.7 Å². The second kappa shape index (κ2) is 6.34. The quantitative estimate of drug-likeness (QED) is 0.890. The van der Waals surface area contributed by atoms with E-state index in [-0.39, 0.29) is 0 Å². The zero-order valence-electron chi connectivity index (χ0n) is 11.7. The van der Waals surface area contributed by atoms with E-state index in [0.717, 1.165) is 0 Å². The third-order valence-corrected chi connectivity index (χ3v) is 4.13. The fraction of sp³-hybridized carbons (Fsp3) is 0.786. The smallest absolute Gasteiger partial charge is 0.0538 e. The summed E-state index contributed by atoms with van der Waals surface area (Å²) in [5.41, 5.74) is 7.30. The van der Waals surface area contributed by atoms with Gasteiger partial charge in [-0.1, -0.05) is 19.8 Å². The number of nitrogens with two attached hydrogens (primary N) is 1. The van der Waals surface area contributed by atoms with Crippen molar-refractivity contribution in [2.24, 2.45) is 12.8 Å². The lowest BCUT2D eigenvalue weighted by atomic mass is 10.0. The topological polar surface area (TPSA) is 47.1 Å². The van der Waals surface area contributed by atoms with Crippen LogP contribution in [0, 0.1) is 0 Å². The molecule has 0 spiro atoms. The van der Waals surface area contributed by atoms with Crippen molar-refractivity contribution < 1.29 is 0 Å². The maximum Gasteiger partial charge on any atom is 0.0538 e. The summed E-state index contributed by atoms with van der Waals surface area (Å²) in [5, 5.41) is 4.29. The lowest BCUT2D eigenvalue weighted by Crippen LogP contribution is -2.40. The van der Waals surface area contributed by atoms with Crippen LogP contribution in [0.15, 0.2) is 12.4 Å². The van der Waals surface area contributed by atoms with E-state index in [4.69, 9.17) is 5.73 Å².